The fraction of sp³-hybridized carbons (Fsp3) is 0.125. The number of rotatable bonds is 2. The van der Waals surface area contributed by atoms with E-state index in [1.165, 1.54) is 25.1 Å². The number of anilines is 1. The second-order valence-electron chi connectivity index (χ2n) is 2.37. The molecule has 0 saturated heterocycles. The minimum atomic E-state index is -0.568. The molecule has 0 bridgehead atoms. The zero-order valence-corrected chi connectivity index (χ0v) is 6.90. The van der Waals surface area contributed by atoms with Gasteiger partial charge >= 0.3 is 0 Å². The molecule has 0 aliphatic carbocycles. The number of para-hydroxylation sites is 1. The van der Waals surface area contributed by atoms with Crippen LogP contribution in [0.3, 0.4) is 0 Å². The number of hydrogen-bond donors (Lipinski definition) is 1. The Morgan fingerprint density at radius 3 is 2.92 bits per heavy atom. The second kappa shape index (κ2) is 3.66. The van der Waals surface area contributed by atoms with Crippen LogP contribution in [0.2, 0.25) is 0 Å². The van der Waals surface area contributed by atoms with Gasteiger partial charge in [0.15, 0.2) is 0 Å². The molecule has 1 amide bonds. The molecule has 0 aliphatic heterocycles. The predicted octanol–water partition coefficient (Wildman–Crippen LogP) is 1.35. The average Bonchev–Trinajstić information content (AvgIpc) is 2.03. The van der Waals surface area contributed by atoms with E-state index in [2.05, 4.69) is 11.4 Å². The molecule has 0 atom stereocenters. The standard InChI is InChI=1S/C8H7N2O3/c1-6(11)9-7-4-2-3-5-8(7)10(12)13/h2-3,5H,1H3,(H,9,11). The molecule has 0 fully saturated rings. The first-order valence-corrected chi connectivity index (χ1v) is 3.54. The van der Waals surface area contributed by atoms with Crippen LogP contribution in [0.1, 0.15) is 6.92 Å². The van der Waals surface area contributed by atoms with Gasteiger partial charge in [0.25, 0.3) is 5.69 Å². The average molecular weight is 179 g/mol. The Balaban J connectivity index is 3.04. The monoisotopic (exact) mass is 179 g/mol. The summed E-state index contributed by atoms with van der Waals surface area (Å²) in [6, 6.07) is 6.87. The minimum absolute atomic E-state index is 0.0972. The highest BCUT2D eigenvalue weighted by atomic mass is 16.6. The Kier molecular flexibility index (Phi) is 2.59. The molecule has 1 N–H and O–H groups in total. The largest absolute Gasteiger partial charge is 0.320 e. The molecule has 13 heavy (non-hydrogen) atoms. The Labute approximate surface area is 74.5 Å². The van der Waals surface area contributed by atoms with Crippen LogP contribution in [0.5, 0.6) is 0 Å². The van der Waals surface area contributed by atoms with E-state index in [1.54, 1.807) is 0 Å². The zero-order valence-electron chi connectivity index (χ0n) is 6.90. The van der Waals surface area contributed by atoms with Gasteiger partial charge in [-0.1, -0.05) is 12.1 Å². The van der Waals surface area contributed by atoms with Gasteiger partial charge < -0.3 is 5.32 Å². The zero-order chi connectivity index (χ0) is 9.84. The van der Waals surface area contributed by atoms with Gasteiger partial charge in [-0.15, -0.1) is 0 Å². The summed E-state index contributed by atoms with van der Waals surface area (Å²) in [6.07, 6.45) is 0. The van der Waals surface area contributed by atoms with E-state index >= 15 is 0 Å². The Morgan fingerprint density at radius 2 is 2.38 bits per heavy atom. The van der Waals surface area contributed by atoms with Gasteiger partial charge in [-0.05, 0) is 0 Å². The molecule has 0 heterocycles. The summed E-state index contributed by atoms with van der Waals surface area (Å²) in [6.45, 7) is 1.28. The number of nitro benzene ring substituents is 1. The molecular weight excluding hydrogens is 172 g/mol. The summed E-state index contributed by atoms with van der Waals surface area (Å²) in [4.78, 5) is 20.5. The molecular formula is C8H7N2O3. The normalized spacial score (nSPS) is 9.31. The number of nitrogens with one attached hydrogen (secondary N) is 1. The third-order valence-electron chi connectivity index (χ3n) is 1.33. The molecule has 0 aromatic heterocycles. The van der Waals surface area contributed by atoms with Crippen molar-refractivity contribution in [3.8, 4) is 0 Å². The van der Waals surface area contributed by atoms with E-state index in [0.717, 1.165) is 0 Å². The van der Waals surface area contributed by atoms with Crippen LogP contribution in [-0.2, 0) is 4.79 Å². The molecule has 1 aromatic rings. The summed E-state index contributed by atoms with van der Waals surface area (Å²) in [7, 11) is 0. The van der Waals surface area contributed by atoms with Crippen LogP contribution in [0.25, 0.3) is 0 Å². The van der Waals surface area contributed by atoms with E-state index in [0.29, 0.717) is 0 Å². The van der Waals surface area contributed by atoms with Crippen LogP contribution in [-0.4, -0.2) is 10.8 Å². The molecule has 0 spiro atoms. The van der Waals surface area contributed by atoms with Crippen LogP contribution in [0, 0.1) is 16.2 Å². The Bertz CT molecular complexity index is 349. The quantitative estimate of drug-likeness (QED) is 0.550. The van der Waals surface area contributed by atoms with Crippen molar-refractivity contribution in [2.24, 2.45) is 0 Å². The predicted molar refractivity (Wildman–Crippen MR) is 46.2 cm³/mol. The van der Waals surface area contributed by atoms with Crippen molar-refractivity contribution in [2.75, 3.05) is 5.32 Å². The fourth-order valence-electron chi connectivity index (χ4n) is 0.856. The van der Waals surface area contributed by atoms with Gasteiger partial charge in [-0.2, -0.15) is 0 Å². The van der Waals surface area contributed by atoms with Gasteiger partial charge in [0, 0.05) is 19.1 Å². The first-order chi connectivity index (χ1) is 6.11. The third-order valence-corrected chi connectivity index (χ3v) is 1.33. The minimum Gasteiger partial charge on any atom is -0.320 e. The third kappa shape index (κ3) is 2.26. The number of benzene rings is 1. The SMILES string of the molecule is CC(=O)Nc1[c]cccc1[N+](=O)[O-]. The van der Waals surface area contributed by atoms with Gasteiger partial charge in [-0.25, -0.2) is 0 Å². The smallest absolute Gasteiger partial charge is 0.293 e. The molecule has 0 unspecified atom stereocenters. The molecule has 1 rings (SSSR count). The maximum absolute atomic E-state index is 10.6. The lowest BCUT2D eigenvalue weighted by atomic mass is 10.2. The van der Waals surface area contributed by atoms with E-state index < -0.39 is 4.92 Å². The highest BCUT2D eigenvalue weighted by Gasteiger charge is 2.12. The van der Waals surface area contributed by atoms with Crippen molar-refractivity contribution in [1.82, 2.24) is 0 Å². The van der Waals surface area contributed by atoms with E-state index in [9.17, 15) is 14.9 Å². The molecule has 5 heteroatoms. The van der Waals surface area contributed by atoms with Gasteiger partial charge in [0.1, 0.15) is 5.69 Å². The molecule has 67 valence electrons. The summed E-state index contributed by atoms with van der Waals surface area (Å²) in [5.41, 5.74) is -0.0577. The number of hydrogen-bond acceptors (Lipinski definition) is 3. The van der Waals surface area contributed by atoms with Crippen molar-refractivity contribution in [3.05, 3.63) is 34.4 Å². The van der Waals surface area contributed by atoms with E-state index in [4.69, 9.17) is 0 Å². The van der Waals surface area contributed by atoms with Crippen LogP contribution in [0.4, 0.5) is 11.4 Å². The summed E-state index contributed by atoms with van der Waals surface area (Å²) >= 11 is 0. The number of carbonyl (C=O) groups is 1. The number of carbonyl (C=O) groups excluding carboxylic acids is 1. The Hall–Kier alpha value is -1.91. The lowest BCUT2D eigenvalue weighted by Crippen LogP contribution is -2.07. The molecule has 1 aromatic carbocycles. The molecule has 0 aliphatic rings. The van der Waals surface area contributed by atoms with Crippen LogP contribution >= 0.6 is 0 Å². The molecule has 1 radical (unpaired) electrons. The number of nitrogens with zero attached hydrogens (tertiary/aromatic N) is 1. The lowest BCUT2D eigenvalue weighted by molar-refractivity contribution is -0.384. The highest BCUT2D eigenvalue weighted by Crippen LogP contribution is 2.22. The van der Waals surface area contributed by atoms with Gasteiger partial charge in [-0.3, -0.25) is 14.9 Å². The molecule has 0 saturated carbocycles. The van der Waals surface area contributed by atoms with Crippen molar-refractivity contribution in [2.45, 2.75) is 6.92 Å². The first-order valence-electron chi connectivity index (χ1n) is 3.54. The number of nitro groups is 1. The summed E-state index contributed by atoms with van der Waals surface area (Å²) in [5, 5.41) is 12.8. The number of amides is 1. The van der Waals surface area contributed by atoms with Crippen molar-refractivity contribution in [1.29, 1.82) is 0 Å². The maximum Gasteiger partial charge on any atom is 0.293 e. The van der Waals surface area contributed by atoms with Crippen molar-refractivity contribution >= 4 is 17.3 Å². The lowest BCUT2D eigenvalue weighted by Gasteiger charge is -2.00. The molecule has 5 nitrogen and oxygen atoms in total. The van der Waals surface area contributed by atoms with Gasteiger partial charge in [0.2, 0.25) is 5.91 Å². The van der Waals surface area contributed by atoms with Gasteiger partial charge in [0.05, 0.1) is 4.92 Å². The summed E-state index contributed by atoms with van der Waals surface area (Å²) in [5.74, 6) is -0.356. The van der Waals surface area contributed by atoms with Crippen LogP contribution in [0.15, 0.2) is 18.2 Å². The highest BCUT2D eigenvalue weighted by molar-refractivity contribution is 5.90. The van der Waals surface area contributed by atoms with Crippen molar-refractivity contribution in [3.63, 3.8) is 0 Å². The van der Waals surface area contributed by atoms with Crippen LogP contribution < -0.4 is 5.32 Å². The topological polar surface area (TPSA) is 72.2 Å². The van der Waals surface area contributed by atoms with Crippen molar-refractivity contribution < 1.29 is 9.72 Å². The first kappa shape index (κ1) is 9.18. The summed E-state index contributed by atoms with van der Waals surface area (Å²) < 4.78 is 0. The maximum atomic E-state index is 10.6. The second-order valence-corrected chi connectivity index (χ2v) is 2.37. The Morgan fingerprint density at radius 1 is 1.69 bits per heavy atom. The van der Waals surface area contributed by atoms with E-state index in [1.807, 2.05) is 0 Å². The van der Waals surface area contributed by atoms with E-state index in [-0.39, 0.29) is 17.3 Å². The fourth-order valence-corrected chi connectivity index (χ4v) is 0.856.